The molecule has 0 aromatic rings. The standard InChI is InChI=1S/C14H29N/c1-6-7-8-9-15-14(10-12(2)3)11-13(4)5/h6-7,12-15H,8-11H2,1-5H3/b7-6+. The Morgan fingerprint density at radius 3 is 1.93 bits per heavy atom. The Morgan fingerprint density at radius 2 is 1.53 bits per heavy atom. The fourth-order valence-electron chi connectivity index (χ4n) is 1.94. The molecule has 90 valence electrons. The zero-order valence-corrected chi connectivity index (χ0v) is 11.2. The summed E-state index contributed by atoms with van der Waals surface area (Å²) in [5, 5.41) is 3.67. The topological polar surface area (TPSA) is 12.0 Å². The molecule has 0 fully saturated rings. The first-order valence-electron chi connectivity index (χ1n) is 6.40. The van der Waals surface area contributed by atoms with Crippen molar-refractivity contribution in [1.29, 1.82) is 0 Å². The van der Waals surface area contributed by atoms with Crippen molar-refractivity contribution >= 4 is 0 Å². The molecule has 0 rings (SSSR count). The van der Waals surface area contributed by atoms with Gasteiger partial charge in [0.05, 0.1) is 0 Å². The Morgan fingerprint density at radius 1 is 1.00 bits per heavy atom. The van der Waals surface area contributed by atoms with E-state index in [2.05, 4.69) is 52.1 Å². The first kappa shape index (κ1) is 14.7. The Labute approximate surface area is 96.3 Å². The Hall–Kier alpha value is -0.300. The molecule has 15 heavy (non-hydrogen) atoms. The Bertz CT molecular complexity index is 149. The molecule has 0 saturated heterocycles. The SMILES string of the molecule is C/C=C/CCNC(CC(C)C)CC(C)C. The van der Waals surface area contributed by atoms with Gasteiger partial charge in [-0.2, -0.15) is 0 Å². The first-order valence-corrected chi connectivity index (χ1v) is 6.40. The second kappa shape index (κ2) is 8.96. The van der Waals surface area contributed by atoms with Crippen molar-refractivity contribution in [3.05, 3.63) is 12.2 Å². The summed E-state index contributed by atoms with van der Waals surface area (Å²) in [5.41, 5.74) is 0. The molecule has 0 aromatic carbocycles. The summed E-state index contributed by atoms with van der Waals surface area (Å²) in [5.74, 6) is 1.59. The van der Waals surface area contributed by atoms with E-state index < -0.39 is 0 Å². The van der Waals surface area contributed by atoms with E-state index in [0.717, 1.165) is 24.8 Å². The molecule has 0 heterocycles. The average Bonchev–Trinajstić information content (AvgIpc) is 2.10. The summed E-state index contributed by atoms with van der Waals surface area (Å²) in [6.45, 7) is 12.4. The van der Waals surface area contributed by atoms with Gasteiger partial charge in [-0.3, -0.25) is 0 Å². The Balaban J connectivity index is 3.79. The van der Waals surface area contributed by atoms with Gasteiger partial charge in [0.15, 0.2) is 0 Å². The maximum atomic E-state index is 3.67. The fourth-order valence-corrected chi connectivity index (χ4v) is 1.94. The van der Waals surface area contributed by atoms with Gasteiger partial charge in [0.1, 0.15) is 0 Å². The molecular weight excluding hydrogens is 182 g/mol. The summed E-state index contributed by atoms with van der Waals surface area (Å²) < 4.78 is 0. The van der Waals surface area contributed by atoms with E-state index in [4.69, 9.17) is 0 Å². The van der Waals surface area contributed by atoms with Gasteiger partial charge in [-0.15, -0.1) is 0 Å². The summed E-state index contributed by atoms with van der Waals surface area (Å²) in [7, 11) is 0. The van der Waals surface area contributed by atoms with Crippen molar-refractivity contribution in [2.24, 2.45) is 11.8 Å². The molecule has 0 aromatic heterocycles. The van der Waals surface area contributed by atoms with Gasteiger partial charge in [-0.25, -0.2) is 0 Å². The van der Waals surface area contributed by atoms with E-state index in [1.54, 1.807) is 0 Å². The first-order chi connectivity index (χ1) is 7.06. The summed E-state index contributed by atoms with van der Waals surface area (Å²) >= 11 is 0. The van der Waals surface area contributed by atoms with E-state index in [0.29, 0.717) is 6.04 Å². The van der Waals surface area contributed by atoms with Crippen molar-refractivity contribution in [1.82, 2.24) is 5.32 Å². The van der Waals surface area contributed by atoms with Crippen LogP contribution in [0.2, 0.25) is 0 Å². The zero-order chi connectivity index (χ0) is 11.7. The number of hydrogen-bond donors (Lipinski definition) is 1. The number of hydrogen-bond acceptors (Lipinski definition) is 1. The smallest absolute Gasteiger partial charge is 0.00720 e. The average molecular weight is 211 g/mol. The van der Waals surface area contributed by atoms with Crippen molar-refractivity contribution in [2.75, 3.05) is 6.54 Å². The van der Waals surface area contributed by atoms with Crippen LogP contribution in [0.15, 0.2) is 12.2 Å². The lowest BCUT2D eigenvalue weighted by atomic mass is 9.95. The minimum Gasteiger partial charge on any atom is -0.314 e. The van der Waals surface area contributed by atoms with Crippen molar-refractivity contribution < 1.29 is 0 Å². The summed E-state index contributed by atoms with van der Waals surface area (Å²) in [6.07, 6.45) is 8.11. The maximum Gasteiger partial charge on any atom is 0.00720 e. The van der Waals surface area contributed by atoms with Crippen molar-refractivity contribution in [3.63, 3.8) is 0 Å². The zero-order valence-electron chi connectivity index (χ0n) is 11.2. The molecule has 0 aliphatic heterocycles. The molecule has 0 aliphatic carbocycles. The highest BCUT2D eigenvalue weighted by molar-refractivity contribution is 4.79. The monoisotopic (exact) mass is 211 g/mol. The van der Waals surface area contributed by atoms with Crippen LogP contribution in [-0.4, -0.2) is 12.6 Å². The van der Waals surface area contributed by atoms with Crippen LogP contribution in [-0.2, 0) is 0 Å². The molecule has 0 saturated carbocycles. The van der Waals surface area contributed by atoms with Crippen LogP contribution in [0.3, 0.4) is 0 Å². The van der Waals surface area contributed by atoms with Gasteiger partial charge in [0, 0.05) is 6.04 Å². The van der Waals surface area contributed by atoms with E-state index in [9.17, 15) is 0 Å². The van der Waals surface area contributed by atoms with Crippen LogP contribution in [0, 0.1) is 11.8 Å². The lowest BCUT2D eigenvalue weighted by Gasteiger charge is -2.22. The second-order valence-electron chi connectivity index (χ2n) is 5.27. The molecule has 0 spiro atoms. The molecule has 0 bridgehead atoms. The van der Waals surface area contributed by atoms with E-state index in [1.165, 1.54) is 12.8 Å². The minimum atomic E-state index is 0.704. The number of rotatable bonds is 8. The predicted molar refractivity (Wildman–Crippen MR) is 70.1 cm³/mol. The quantitative estimate of drug-likeness (QED) is 0.472. The predicted octanol–water partition coefficient (Wildman–Crippen LogP) is 4.00. The molecule has 0 amide bonds. The van der Waals surface area contributed by atoms with E-state index >= 15 is 0 Å². The highest BCUT2D eigenvalue weighted by Crippen LogP contribution is 2.13. The highest BCUT2D eigenvalue weighted by Gasteiger charge is 2.11. The molecule has 0 unspecified atom stereocenters. The number of nitrogens with one attached hydrogen (secondary N) is 1. The van der Waals surface area contributed by atoms with Gasteiger partial charge in [-0.05, 0) is 44.6 Å². The summed E-state index contributed by atoms with van der Waals surface area (Å²) in [4.78, 5) is 0. The van der Waals surface area contributed by atoms with Crippen molar-refractivity contribution in [2.45, 2.75) is 59.9 Å². The lowest BCUT2D eigenvalue weighted by molar-refractivity contribution is 0.362. The number of allylic oxidation sites excluding steroid dienone is 1. The van der Waals surface area contributed by atoms with Crippen LogP contribution in [0.1, 0.15) is 53.9 Å². The van der Waals surface area contributed by atoms with Gasteiger partial charge >= 0.3 is 0 Å². The van der Waals surface area contributed by atoms with Gasteiger partial charge in [0.25, 0.3) is 0 Å². The lowest BCUT2D eigenvalue weighted by Crippen LogP contribution is -2.32. The molecule has 1 heteroatoms. The van der Waals surface area contributed by atoms with Gasteiger partial charge in [0.2, 0.25) is 0 Å². The molecule has 1 N–H and O–H groups in total. The van der Waals surface area contributed by atoms with Gasteiger partial charge in [-0.1, -0.05) is 39.8 Å². The molecule has 0 atom stereocenters. The minimum absolute atomic E-state index is 0.704. The van der Waals surface area contributed by atoms with Crippen LogP contribution in [0.5, 0.6) is 0 Å². The van der Waals surface area contributed by atoms with E-state index in [-0.39, 0.29) is 0 Å². The molecule has 0 aliphatic rings. The molecule has 1 nitrogen and oxygen atoms in total. The largest absolute Gasteiger partial charge is 0.314 e. The van der Waals surface area contributed by atoms with Crippen LogP contribution < -0.4 is 5.32 Å². The highest BCUT2D eigenvalue weighted by atomic mass is 14.9. The van der Waals surface area contributed by atoms with Crippen LogP contribution in [0.4, 0.5) is 0 Å². The normalized spacial score (nSPS) is 12.5. The summed E-state index contributed by atoms with van der Waals surface area (Å²) in [6, 6.07) is 0.704. The van der Waals surface area contributed by atoms with Gasteiger partial charge < -0.3 is 5.32 Å². The second-order valence-corrected chi connectivity index (χ2v) is 5.27. The third kappa shape index (κ3) is 9.99. The molecule has 0 radical (unpaired) electrons. The third-order valence-corrected chi connectivity index (χ3v) is 2.49. The van der Waals surface area contributed by atoms with Crippen LogP contribution >= 0.6 is 0 Å². The fraction of sp³-hybridized carbons (Fsp3) is 0.857. The molecular formula is C14H29N. The third-order valence-electron chi connectivity index (χ3n) is 2.49. The van der Waals surface area contributed by atoms with Crippen LogP contribution in [0.25, 0.3) is 0 Å². The Kier molecular flexibility index (Phi) is 8.79. The van der Waals surface area contributed by atoms with E-state index in [1.807, 2.05) is 0 Å². The van der Waals surface area contributed by atoms with Crippen molar-refractivity contribution in [3.8, 4) is 0 Å². The maximum absolute atomic E-state index is 3.67.